The SMILES string of the molecule is CCC(CC)N(CC(C)C)c1c(F)cccc1CC(C)N. The molecule has 0 saturated carbocycles. The maximum Gasteiger partial charge on any atom is 0.146 e. The maximum absolute atomic E-state index is 14.6. The van der Waals surface area contributed by atoms with Crippen molar-refractivity contribution in [3.63, 3.8) is 0 Å². The summed E-state index contributed by atoms with van der Waals surface area (Å²) in [5.74, 6) is 0.369. The molecule has 0 aromatic heterocycles. The summed E-state index contributed by atoms with van der Waals surface area (Å²) in [6.45, 7) is 11.6. The number of hydrogen-bond donors (Lipinski definition) is 1. The van der Waals surface area contributed by atoms with Crippen LogP contribution in [0.4, 0.5) is 10.1 Å². The molecular formula is C18H31FN2. The van der Waals surface area contributed by atoms with E-state index >= 15 is 0 Å². The Morgan fingerprint density at radius 3 is 2.24 bits per heavy atom. The lowest BCUT2D eigenvalue weighted by atomic mass is 10.00. The van der Waals surface area contributed by atoms with Crippen molar-refractivity contribution in [1.29, 1.82) is 0 Å². The minimum atomic E-state index is -0.124. The zero-order valence-electron chi connectivity index (χ0n) is 14.2. The molecule has 0 spiro atoms. The van der Waals surface area contributed by atoms with Crippen LogP contribution in [0.1, 0.15) is 53.0 Å². The van der Waals surface area contributed by atoms with Crippen LogP contribution in [0.3, 0.4) is 0 Å². The molecule has 1 aromatic rings. The number of halogens is 1. The second-order valence-electron chi connectivity index (χ2n) is 6.45. The van der Waals surface area contributed by atoms with Crippen molar-refractivity contribution in [2.75, 3.05) is 11.4 Å². The van der Waals surface area contributed by atoms with Crippen LogP contribution in [0, 0.1) is 11.7 Å². The van der Waals surface area contributed by atoms with E-state index in [1.807, 2.05) is 13.0 Å². The van der Waals surface area contributed by atoms with Gasteiger partial charge in [-0.2, -0.15) is 0 Å². The number of nitrogens with two attached hydrogens (primary N) is 1. The smallest absolute Gasteiger partial charge is 0.146 e. The third kappa shape index (κ3) is 4.99. The highest BCUT2D eigenvalue weighted by atomic mass is 19.1. The average molecular weight is 294 g/mol. The van der Waals surface area contributed by atoms with Gasteiger partial charge in [0.25, 0.3) is 0 Å². The Balaban J connectivity index is 3.27. The van der Waals surface area contributed by atoms with Crippen LogP contribution in [-0.2, 0) is 6.42 Å². The molecule has 0 aliphatic heterocycles. The number of anilines is 1. The normalized spacial score (nSPS) is 13.0. The van der Waals surface area contributed by atoms with E-state index in [-0.39, 0.29) is 11.9 Å². The van der Waals surface area contributed by atoms with Gasteiger partial charge in [0.05, 0.1) is 5.69 Å². The van der Waals surface area contributed by atoms with E-state index < -0.39 is 0 Å². The summed E-state index contributed by atoms with van der Waals surface area (Å²) in [5.41, 5.74) is 7.73. The topological polar surface area (TPSA) is 29.3 Å². The van der Waals surface area contributed by atoms with Crippen LogP contribution in [0.5, 0.6) is 0 Å². The number of benzene rings is 1. The van der Waals surface area contributed by atoms with Gasteiger partial charge in [0.1, 0.15) is 5.82 Å². The van der Waals surface area contributed by atoms with Crippen molar-refractivity contribution in [2.24, 2.45) is 11.7 Å². The molecule has 120 valence electrons. The van der Waals surface area contributed by atoms with Gasteiger partial charge in [0.2, 0.25) is 0 Å². The van der Waals surface area contributed by atoms with Gasteiger partial charge in [0, 0.05) is 18.6 Å². The molecule has 1 atom stereocenters. The Hall–Kier alpha value is -1.09. The summed E-state index contributed by atoms with van der Waals surface area (Å²) in [4.78, 5) is 2.26. The van der Waals surface area contributed by atoms with Crippen LogP contribution < -0.4 is 10.6 Å². The molecule has 0 saturated heterocycles. The molecule has 0 radical (unpaired) electrons. The first-order chi connectivity index (χ1) is 9.90. The van der Waals surface area contributed by atoms with Gasteiger partial charge in [-0.15, -0.1) is 0 Å². The molecule has 2 nitrogen and oxygen atoms in total. The lowest BCUT2D eigenvalue weighted by Gasteiger charge is -2.36. The van der Waals surface area contributed by atoms with Crippen molar-refractivity contribution in [3.05, 3.63) is 29.6 Å². The minimum Gasteiger partial charge on any atom is -0.366 e. The highest BCUT2D eigenvalue weighted by molar-refractivity contribution is 5.56. The van der Waals surface area contributed by atoms with Crippen molar-refractivity contribution in [2.45, 2.75) is 66.0 Å². The molecule has 1 aromatic carbocycles. The Bertz CT molecular complexity index is 425. The Labute approximate surface area is 129 Å². The molecule has 3 heteroatoms. The van der Waals surface area contributed by atoms with Crippen molar-refractivity contribution < 1.29 is 4.39 Å². The lowest BCUT2D eigenvalue weighted by molar-refractivity contribution is 0.493. The molecule has 1 unspecified atom stereocenters. The number of nitrogens with zero attached hydrogens (tertiary/aromatic N) is 1. The van der Waals surface area contributed by atoms with E-state index in [0.717, 1.165) is 30.6 Å². The van der Waals surface area contributed by atoms with Crippen LogP contribution >= 0.6 is 0 Å². The Morgan fingerprint density at radius 2 is 1.76 bits per heavy atom. The number of hydrogen-bond acceptors (Lipinski definition) is 2. The molecule has 0 aliphatic carbocycles. The van der Waals surface area contributed by atoms with Crippen LogP contribution in [0.15, 0.2) is 18.2 Å². The summed E-state index contributed by atoms with van der Waals surface area (Å²) in [5, 5.41) is 0. The second-order valence-corrected chi connectivity index (χ2v) is 6.45. The molecule has 0 bridgehead atoms. The highest BCUT2D eigenvalue weighted by Crippen LogP contribution is 2.30. The second kappa shape index (κ2) is 8.38. The maximum atomic E-state index is 14.6. The first kappa shape index (κ1) is 18.0. The summed E-state index contributed by atoms with van der Waals surface area (Å²) in [6.07, 6.45) is 2.76. The summed E-state index contributed by atoms with van der Waals surface area (Å²) in [7, 11) is 0. The fourth-order valence-electron chi connectivity index (χ4n) is 2.94. The summed E-state index contributed by atoms with van der Waals surface area (Å²) in [6, 6.07) is 5.77. The quantitative estimate of drug-likeness (QED) is 0.771. The van der Waals surface area contributed by atoms with Gasteiger partial charge in [-0.3, -0.25) is 0 Å². The minimum absolute atomic E-state index is 0.0353. The highest BCUT2D eigenvalue weighted by Gasteiger charge is 2.23. The van der Waals surface area contributed by atoms with Gasteiger partial charge >= 0.3 is 0 Å². The zero-order valence-corrected chi connectivity index (χ0v) is 14.2. The zero-order chi connectivity index (χ0) is 16.0. The fraction of sp³-hybridized carbons (Fsp3) is 0.667. The van der Waals surface area contributed by atoms with E-state index in [9.17, 15) is 4.39 Å². The molecular weight excluding hydrogens is 263 g/mol. The molecule has 0 fully saturated rings. The number of para-hydroxylation sites is 1. The van der Waals surface area contributed by atoms with Crippen molar-refractivity contribution in [1.82, 2.24) is 0 Å². The third-order valence-corrected chi connectivity index (χ3v) is 3.84. The van der Waals surface area contributed by atoms with Gasteiger partial charge in [-0.25, -0.2) is 4.39 Å². The molecule has 21 heavy (non-hydrogen) atoms. The van der Waals surface area contributed by atoms with Gasteiger partial charge in [-0.1, -0.05) is 39.8 Å². The predicted octanol–water partition coefficient (Wildman–Crippen LogP) is 4.37. The van der Waals surface area contributed by atoms with E-state index in [1.54, 1.807) is 12.1 Å². The van der Waals surface area contributed by atoms with Crippen molar-refractivity contribution >= 4 is 5.69 Å². The molecule has 0 aliphatic rings. The molecule has 2 N–H and O–H groups in total. The molecule has 0 heterocycles. The van der Waals surface area contributed by atoms with E-state index in [1.165, 1.54) is 0 Å². The van der Waals surface area contributed by atoms with Crippen LogP contribution in [0.2, 0.25) is 0 Å². The van der Waals surface area contributed by atoms with E-state index in [2.05, 4.69) is 32.6 Å². The average Bonchev–Trinajstić information content (AvgIpc) is 2.38. The standard InChI is InChI=1S/C18H31FN2/c1-6-16(7-2)21(12-13(3)4)18-15(11-14(5)20)9-8-10-17(18)19/h8-10,13-14,16H,6-7,11-12,20H2,1-5H3. The summed E-state index contributed by atoms with van der Waals surface area (Å²) >= 11 is 0. The van der Waals surface area contributed by atoms with Gasteiger partial charge < -0.3 is 10.6 Å². The predicted molar refractivity (Wildman–Crippen MR) is 90.3 cm³/mol. The van der Waals surface area contributed by atoms with Crippen LogP contribution in [0.25, 0.3) is 0 Å². The first-order valence-corrected chi connectivity index (χ1v) is 8.20. The van der Waals surface area contributed by atoms with Gasteiger partial charge in [-0.05, 0) is 43.7 Å². The largest absolute Gasteiger partial charge is 0.366 e. The van der Waals surface area contributed by atoms with Crippen molar-refractivity contribution in [3.8, 4) is 0 Å². The monoisotopic (exact) mass is 294 g/mol. The molecule has 0 amide bonds. The van der Waals surface area contributed by atoms with E-state index in [4.69, 9.17) is 5.73 Å². The summed E-state index contributed by atoms with van der Waals surface area (Å²) < 4.78 is 14.6. The molecule has 1 rings (SSSR count). The lowest BCUT2D eigenvalue weighted by Crippen LogP contribution is -2.39. The first-order valence-electron chi connectivity index (χ1n) is 8.20. The fourth-order valence-corrected chi connectivity index (χ4v) is 2.94. The van der Waals surface area contributed by atoms with E-state index in [0.29, 0.717) is 18.4 Å². The Morgan fingerprint density at radius 1 is 1.14 bits per heavy atom. The number of rotatable bonds is 8. The van der Waals surface area contributed by atoms with Gasteiger partial charge in [0.15, 0.2) is 0 Å². The van der Waals surface area contributed by atoms with Crippen LogP contribution in [-0.4, -0.2) is 18.6 Å². The Kier molecular flexibility index (Phi) is 7.16. The third-order valence-electron chi connectivity index (χ3n) is 3.84.